The minimum atomic E-state index is -0.953. The molecule has 0 saturated carbocycles. The Morgan fingerprint density at radius 2 is 1.81 bits per heavy atom. The summed E-state index contributed by atoms with van der Waals surface area (Å²) in [6, 6.07) is 16.0. The molecule has 3 rings (SSSR count). The second kappa shape index (κ2) is 7.24. The fourth-order valence-corrected chi connectivity index (χ4v) is 2.70. The van der Waals surface area contributed by atoms with Crippen molar-refractivity contribution >= 4 is 45.4 Å². The maximum absolute atomic E-state index is 13.4. The molecule has 0 aliphatic carbocycles. The number of carbonyl (C=O) groups excluding carboxylic acids is 1. The van der Waals surface area contributed by atoms with Gasteiger partial charge in [-0.2, -0.15) is 4.39 Å². The Kier molecular flexibility index (Phi) is 4.85. The number of thiocarbonyl (C=S) groups is 1. The van der Waals surface area contributed by atoms with Crippen molar-refractivity contribution in [2.24, 2.45) is 0 Å². The van der Waals surface area contributed by atoms with Crippen LogP contribution in [0.1, 0.15) is 10.4 Å². The van der Waals surface area contributed by atoms with E-state index in [1.54, 1.807) is 12.1 Å². The molecule has 0 atom stereocenters. The van der Waals surface area contributed by atoms with Crippen LogP contribution in [0, 0.1) is 15.9 Å². The number of halogens is 1. The summed E-state index contributed by atoms with van der Waals surface area (Å²) in [7, 11) is 0. The van der Waals surface area contributed by atoms with Gasteiger partial charge in [-0.25, -0.2) is 0 Å². The molecule has 2 N–H and O–H groups in total. The molecule has 0 radical (unpaired) electrons. The average Bonchev–Trinajstić information content (AvgIpc) is 2.62. The van der Waals surface area contributed by atoms with Gasteiger partial charge in [0.1, 0.15) is 0 Å². The molecule has 0 saturated heterocycles. The van der Waals surface area contributed by atoms with Gasteiger partial charge in [-0.15, -0.1) is 0 Å². The Labute approximate surface area is 152 Å². The lowest BCUT2D eigenvalue weighted by Gasteiger charge is -2.11. The highest BCUT2D eigenvalue weighted by Gasteiger charge is 2.16. The predicted octanol–water partition coefficient (Wildman–Crippen LogP) is 4.01. The average molecular weight is 369 g/mol. The SMILES string of the molecule is O=C(NC(=S)Nc1ccc(F)c([N+](=O)[O-])c1)c1cccc2ccccc12. The van der Waals surface area contributed by atoms with Crippen molar-refractivity contribution in [3.63, 3.8) is 0 Å². The van der Waals surface area contributed by atoms with Crippen molar-refractivity contribution in [2.75, 3.05) is 5.32 Å². The van der Waals surface area contributed by atoms with Crippen LogP contribution in [0.15, 0.2) is 60.7 Å². The normalized spacial score (nSPS) is 10.3. The number of amides is 1. The summed E-state index contributed by atoms with van der Waals surface area (Å²) < 4.78 is 13.4. The zero-order chi connectivity index (χ0) is 18.7. The number of nitrogens with one attached hydrogen (secondary N) is 2. The zero-order valence-corrected chi connectivity index (χ0v) is 14.0. The maximum Gasteiger partial charge on any atom is 0.306 e. The molecule has 8 heteroatoms. The molecule has 3 aromatic rings. The summed E-state index contributed by atoms with van der Waals surface area (Å²) in [6.45, 7) is 0. The van der Waals surface area contributed by atoms with Crippen LogP contribution in [0.5, 0.6) is 0 Å². The minimum absolute atomic E-state index is 0.0520. The van der Waals surface area contributed by atoms with Crippen molar-refractivity contribution in [3.05, 3.63) is 82.2 Å². The van der Waals surface area contributed by atoms with Gasteiger partial charge in [0.05, 0.1) is 4.92 Å². The fourth-order valence-electron chi connectivity index (χ4n) is 2.49. The van der Waals surface area contributed by atoms with E-state index in [0.29, 0.717) is 5.56 Å². The van der Waals surface area contributed by atoms with E-state index in [2.05, 4.69) is 10.6 Å². The quantitative estimate of drug-likeness (QED) is 0.414. The number of anilines is 1. The summed E-state index contributed by atoms with van der Waals surface area (Å²) in [5, 5.41) is 17.6. The van der Waals surface area contributed by atoms with Crippen LogP contribution in [-0.4, -0.2) is 15.9 Å². The topological polar surface area (TPSA) is 84.3 Å². The molecule has 0 aliphatic rings. The van der Waals surface area contributed by atoms with Gasteiger partial charge in [0.2, 0.25) is 5.82 Å². The number of nitro benzene ring substituents is 1. The molecule has 0 heterocycles. The van der Waals surface area contributed by atoms with E-state index in [-0.39, 0.29) is 10.8 Å². The van der Waals surface area contributed by atoms with E-state index in [1.807, 2.05) is 30.3 Å². The zero-order valence-electron chi connectivity index (χ0n) is 13.2. The smallest absolute Gasteiger partial charge is 0.306 e. The summed E-state index contributed by atoms with van der Waals surface area (Å²) in [4.78, 5) is 22.4. The van der Waals surface area contributed by atoms with E-state index in [1.165, 1.54) is 6.07 Å². The van der Waals surface area contributed by atoms with Crippen LogP contribution < -0.4 is 10.6 Å². The third kappa shape index (κ3) is 3.65. The molecular weight excluding hydrogens is 357 g/mol. The number of nitro groups is 1. The van der Waals surface area contributed by atoms with Crippen molar-refractivity contribution < 1.29 is 14.1 Å². The largest absolute Gasteiger partial charge is 0.332 e. The van der Waals surface area contributed by atoms with Crippen molar-refractivity contribution in [2.45, 2.75) is 0 Å². The van der Waals surface area contributed by atoms with Crippen molar-refractivity contribution in [3.8, 4) is 0 Å². The van der Waals surface area contributed by atoms with Gasteiger partial charge in [-0.3, -0.25) is 20.2 Å². The number of hydrogen-bond acceptors (Lipinski definition) is 4. The van der Waals surface area contributed by atoms with Crippen LogP contribution in [0.2, 0.25) is 0 Å². The molecule has 26 heavy (non-hydrogen) atoms. The molecule has 3 aromatic carbocycles. The van der Waals surface area contributed by atoms with E-state index in [9.17, 15) is 19.3 Å². The monoisotopic (exact) mass is 369 g/mol. The molecule has 0 spiro atoms. The van der Waals surface area contributed by atoms with Gasteiger partial charge >= 0.3 is 5.69 Å². The van der Waals surface area contributed by atoms with Crippen LogP contribution in [0.3, 0.4) is 0 Å². The Bertz CT molecular complexity index is 1030. The number of rotatable bonds is 3. The highest BCUT2D eigenvalue weighted by atomic mass is 32.1. The van der Waals surface area contributed by atoms with Crippen molar-refractivity contribution in [1.82, 2.24) is 5.32 Å². The number of nitrogens with zero attached hydrogens (tertiary/aromatic N) is 1. The second-order valence-corrected chi connectivity index (χ2v) is 5.77. The van der Waals surface area contributed by atoms with E-state index < -0.39 is 22.3 Å². The Hall–Kier alpha value is -3.39. The van der Waals surface area contributed by atoms with Crippen molar-refractivity contribution in [1.29, 1.82) is 0 Å². The van der Waals surface area contributed by atoms with Crippen LogP contribution in [0.25, 0.3) is 10.8 Å². The van der Waals surface area contributed by atoms with Gasteiger partial charge < -0.3 is 5.32 Å². The maximum atomic E-state index is 13.4. The number of carbonyl (C=O) groups is 1. The first-order chi connectivity index (χ1) is 12.5. The second-order valence-electron chi connectivity index (χ2n) is 5.36. The first kappa shape index (κ1) is 17.4. The van der Waals surface area contributed by atoms with E-state index in [0.717, 1.165) is 22.9 Å². The van der Waals surface area contributed by atoms with Gasteiger partial charge in [0.25, 0.3) is 5.91 Å². The van der Waals surface area contributed by atoms with Gasteiger partial charge in [-0.1, -0.05) is 36.4 Å². The molecule has 130 valence electrons. The lowest BCUT2D eigenvalue weighted by atomic mass is 10.0. The van der Waals surface area contributed by atoms with Gasteiger partial charge in [0.15, 0.2) is 5.11 Å². The van der Waals surface area contributed by atoms with E-state index >= 15 is 0 Å². The summed E-state index contributed by atoms with van der Waals surface area (Å²) in [6.07, 6.45) is 0. The van der Waals surface area contributed by atoms with Crippen LogP contribution in [-0.2, 0) is 0 Å². The lowest BCUT2D eigenvalue weighted by molar-refractivity contribution is -0.387. The Morgan fingerprint density at radius 3 is 2.58 bits per heavy atom. The lowest BCUT2D eigenvalue weighted by Crippen LogP contribution is -2.34. The molecule has 1 amide bonds. The summed E-state index contributed by atoms with van der Waals surface area (Å²) in [5.74, 6) is -1.37. The summed E-state index contributed by atoms with van der Waals surface area (Å²) in [5.41, 5.74) is -0.0446. The Balaban J connectivity index is 1.77. The fraction of sp³-hybridized carbons (Fsp3) is 0. The molecule has 0 aliphatic heterocycles. The van der Waals surface area contributed by atoms with Gasteiger partial charge in [-0.05, 0) is 41.2 Å². The van der Waals surface area contributed by atoms with E-state index in [4.69, 9.17) is 12.2 Å². The number of fused-ring (bicyclic) bond motifs is 1. The third-order valence-electron chi connectivity index (χ3n) is 3.66. The Morgan fingerprint density at radius 1 is 1.08 bits per heavy atom. The van der Waals surface area contributed by atoms with Crippen LogP contribution >= 0.6 is 12.2 Å². The first-order valence-corrected chi connectivity index (χ1v) is 7.90. The first-order valence-electron chi connectivity index (χ1n) is 7.50. The molecule has 0 fully saturated rings. The molecular formula is C18H12FN3O3S. The molecule has 0 bridgehead atoms. The molecule has 0 aromatic heterocycles. The predicted molar refractivity (Wildman–Crippen MR) is 101 cm³/mol. The molecule has 6 nitrogen and oxygen atoms in total. The van der Waals surface area contributed by atoms with Crippen LogP contribution in [0.4, 0.5) is 15.8 Å². The standard InChI is InChI=1S/C18H12FN3O3S/c19-15-9-8-12(10-16(15)22(24)25)20-18(26)21-17(23)14-7-3-5-11-4-1-2-6-13(11)14/h1-10H,(H2,20,21,23,26). The minimum Gasteiger partial charge on any atom is -0.332 e. The molecule has 0 unspecified atom stereocenters. The number of benzene rings is 3. The summed E-state index contributed by atoms with van der Waals surface area (Å²) >= 11 is 5.07. The third-order valence-corrected chi connectivity index (χ3v) is 3.87. The number of hydrogen-bond donors (Lipinski definition) is 2. The highest BCUT2D eigenvalue weighted by Crippen LogP contribution is 2.22. The van der Waals surface area contributed by atoms with Gasteiger partial charge in [0, 0.05) is 17.3 Å². The highest BCUT2D eigenvalue weighted by molar-refractivity contribution is 7.80.